The number of hydrogen-bond donors (Lipinski definition) is 0. The summed E-state index contributed by atoms with van der Waals surface area (Å²) in [4.78, 5) is 14.2. The number of rotatable bonds is 8. The average Bonchev–Trinajstić information content (AvgIpc) is 3.63. The van der Waals surface area contributed by atoms with Gasteiger partial charge in [0.25, 0.3) is 11.1 Å². The van der Waals surface area contributed by atoms with Gasteiger partial charge in [-0.3, -0.25) is 4.79 Å². The van der Waals surface area contributed by atoms with Crippen molar-refractivity contribution in [2.75, 3.05) is 5.75 Å². The van der Waals surface area contributed by atoms with Gasteiger partial charge in [-0.1, -0.05) is 55.1 Å². The Morgan fingerprint density at radius 2 is 2.06 bits per heavy atom. The molecule has 4 heterocycles. The van der Waals surface area contributed by atoms with Crippen molar-refractivity contribution >= 4 is 34.7 Å². The highest BCUT2D eigenvalue weighted by atomic mass is 32.2. The fraction of sp³-hybridized carbons (Fsp3) is 0.250. The van der Waals surface area contributed by atoms with Crippen molar-refractivity contribution in [2.45, 2.75) is 36.9 Å². The molecule has 0 bridgehead atoms. The first-order valence-corrected chi connectivity index (χ1v) is 12.5. The van der Waals surface area contributed by atoms with E-state index in [0.717, 1.165) is 10.6 Å². The number of hydrazone groups is 1. The van der Waals surface area contributed by atoms with E-state index in [1.807, 2.05) is 47.8 Å². The maximum Gasteiger partial charge on any atom is 0.277 e. The van der Waals surface area contributed by atoms with Crippen molar-refractivity contribution < 1.29 is 13.6 Å². The minimum atomic E-state index is -0.136. The molecule has 0 spiro atoms. The smallest absolute Gasteiger partial charge is 0.277 e. The molecule has 7 nitrogen and oxygen atoms in total. The van der Waals surface area contributed by atoms with E-state index in [1.54, 1.807) is 22.6 Å². The number of nitrogens with zero attached hydrogens (tertiary/aromatic N) is 4. The van der Waals surface area contributed by atoms with Gasteiger partial charge in [0.2, 0.25) is 5.89 Å². The molecule has 5 rings (SSSR count). The Labute approximate surface area is 199 Å². The molecular formula is C24H22N4O3S2. The molecule has 33 heavy (non-hydrogen) atoms. The zero-order valence-electron chi connectivity index (χ0n) is 18.0. The Hall–Kier alpha value is -3.17. The average molecular weight is 479 g/mol. The second-order valence-electron chi connectivity index (χ2n) is 7.76. The number of carbonyl (C=O) groups excluding carboxylic acids is 1. The van der Waals surface area contributed by atoms with E-state index in [9.17, 15) is 4.79 Å². The van der Waals surface area contributed by atoms with Crippen LogP contribution in [0.5, 0.6) is 0 Å². The van der Waals surface area contributed by atoms with E-state index in [4.69, 9.17) is 8.83 Å². The fourth-order valence-electron chi connectivity index (χ4n) is 3.76. The molecular weight excluding hydrogens is 456 g/mol. The largest absolute Gasteiger partial charge is 0.463 e. The van der Waals surface area contributed by atoms with Crippen LogP contribution in [0, 0.1) is 0 Å². The van der Waals surface area contributed by atoms with Crippen LogP contribution in [0.3, 0.4) is 0 Å². The van der Waals surface area contributed by atoms with Crippen LogP contribution in [0.2, 0.25) is 0 Å². The molecule has 1 amide bonds. The lowest BCUT2D eigenvalue weighted by molar-refractivity contribution is -0.130. The van der Waals surface area contributed by atoms with Crippen molar-refractivity contribution in [3.63, 3.8) is 0 Å². The van der Waals surface area contributed by atoms with Gasteiger partial charge in [0, 0.05) is 17.7 Å². The van der Waals surface area contributed by atoms with Crippen molar-refractivity contribution in [3.05, 3.63) is 88.3 Å². The van der Waals surface area contributed by atoms with Gasteiger partial charge < -0.3 is 8.83 Å². The maximum atomic E-state index is 13.1. The van der Waals surface area contributed by atoms with Crippen LogP contribution in [-0.2, 0) is 11.2 Å². The highest BCUT2D eigenvalue weighted by Gasteiger charge is 2.34. The quantitative estimate of drug-likeness (QED) is 0.309. The van der Waals surface area contributed by atoms with Crippen LogP contribution in [0.1, 0.15) is 47.4 Å². The van der Waals surface area contributed by atoms with Gasteiger partial charge in [0.1, 0.15) is 11.5 Å². The molecule has 168 valence electrons. The molecule has 2 unspecified atom stereocenters. The van der Waals surface area contributed by atoms with Crippen molar-refractivity contribution in [2.24, 2.45) is 5.10 Å². The molecule has 9 heteroatoms. The van der Waals surface area contributed by atoms with Crippen molar-refractivity contribution in [1.82, 2.24) is 15.2 Å². The first-order valence-electron chi connectivity index (χ1n) is 10.6. The van der Waals surface area contributed by atoms with Crippen LogP contribution >= 0.6 is 23.1 Å². The van der Waals surface area contributed by atoms with Gasteiger partial charge in [-0.25, -0.2) is 5.01 Å². The summed E-state index contributed by atoms with van der Waals surface area (Å²) in [6.07, 6.45) is 2.88. The third-order valence-corrected chi connectivity index (χ3v) is 7.24. The standard InChI is InChI=1S/C24H22N4O3S2/c1-16(17-7-3-2-4-8-17)13-22-25-26-24(31-22)33-15-23(29)28-19(21-10-6-12-32-21)14-18(27-28)20-9-5-11-30-20/h2-12,16,19H,13-15H2,1H3. The Morgan fingerprint density at radius 3 is 2.82 bits per heavy atom. The van der Waals surface area contributed by atoms with E-state index in [2.05, 4.69) is 34.4 Å². The molecule has 0 saturated heterocycles. The highest BCUT2D eigenvalue weighted by Crippen LogP contribution is 2.36. The molecule has 0 saturated carbocycles. The van der Waals surface area contributed by atoms with Crippen molar-refractivity contribution in [3.8, 4) is 0 Å². The number of furan rings is 1. The summed E-state index contributed by atoms with van der Waals surface area (Å²) >= 11 is 2.85. The molecule has 3 aromatic heterocycles. The predicted molar refractivity (Wildman–Crippen MR) is 127 cm³/mol. The lowest BCUT2D eigenvalue weighted by Crippen LogP contribution is -2.28. The molecule has 0 aliphatic carbocycles. The lowest BCUT2D eigenvalue weighted by atomic mass is 9.98. The number of benzene rings is 1. The summed E-state index contributed by atoms with van der Waals surface area (Å²) < 4.78 is 11.3. The first kappa shape index (κ1) is 21.7. The monoisotopic (exact) mass is 478 g/mol. The number of aromatic nitrogens is 2. The zero-order valence-corrected chi connectivity index (χ0v) is 19.6. The second-order valence-corrected chi connectivity index (χ2v) is 9.67. The number of thioether (sulfide) groups is 1. The van der Waals surface area contributed by atoms with Crippen LogP contribution in [0.25, 0.3) is 0 Å². The minimum absolute atomic E-state index is 0.114. The molecule has 1 aliphatic heterocycles. The second kappa shape index (κ2) is 9.76. The summed E-state index contributed by atoms with van der Waals surface area (Å²) in [6, 6.07) is 17.8. The topological polar surface area (TPSA) is 84.7 Å². The molecule has 0 radical (unpaired) electrons. The van der Waals surface area contributed by atoms with Crippen LogP contribution in [0.4, 0.5) is 0 Å². The lowest BCUT2D eigenvalue weighted by Gasteiger charge is -2.20. The third kappa shape index (κ3) is 4.94. The third-order valence-electron chi connectivity index (χ3n) is 5.46. The molecule has 1 aliphatic rings. The Bertz CT molecular complexity index is 1220. The number of carbonyl (C=O) groups is 1. The summed E-state index contributed by atoms with van der Waals surface area (Å²) in [5.74, 6) is 1.56. The molecule has 4 aromatic rings. The van der Waals surface area contributed by atoms with E-state index in [-0.39, 0.29) is 23.6 Å². The van der Waals surface area contributed by atoms with E-state index in [1.165, 1.54) is 17.3 Å². The van der Waals surface area contributed by atoms with E-state index >= 15 is 0 Å². The highest BCUT2D eigenvalue weighted by molar-refractivity contribution is 7.99. The summed E-state index contributed by atoms with van der Waals surface area (Å²) in [5.41, 5.74) is 1.99. The maximum absolute atomic E-state index is 13.1. The van der Waals surface area contributed by atoms with Gasteiger partial charge in [0.15, 0.2) is 0 Å². The SMILES string of the molecule is CC(Cc1nnc(SCC(=O)N2N=C(c3ccco3)CC2c2cccs2)o1)c1ccccc1. The van der Waals surface area contributed by atoms with Crippen LogP contribution in [-0.4, -0.2) is 32.6 Å². The van der Waals surface area contributed by atoms with Crippen LogP contribution < -0.4 is 0 Å². The van der Waals surface area contributed by atoms with Gasteiger partial charge in [-0.2, -0.15) is 5.10 Å². The van der Waals surface area contributed by atoms with E-state index in [0.29, 0.717) is 29.7 Å². The Kier molecular flexibility index (Phi) is 6.41. The van der Waals surface area contributed by atoms with E-state index < -0.39 is 0 Å². The van der Waals surface area contributed by atoms with Crippen LogP contribution in [0.15, 0.2) is 85.4 Å². The predicted octanol–water partition coefficient (Wildman–Crippen LogP) is 5.54. The fourth-order valence-corrected chi connectivity index (χ4v) is 5.21. The number of amides is 1. The normalized spacial score (nSPS) is 16.7. The first-order chi connectivity index (χ1) is 16.2. The number of thiophene rings is 1. The Morgan fingerprint density at radius 1 is 1.18 bits per heavy atom. The van der Waals surface area contributed by atoms with Gasteiger partial charge in [0.05, 0.1) is 18.1 Å². The molecule has 0 N–H and O–H groups in total. The van der Waals surface area contributed by atoms with Gasteiger partial charge in [-0.05, 0) is 35.1 Å². The molecule has 1 aromatic carbocycles. The van der Waals surface area contributed by atoms with Gasteiger partial charge in [-0.15, -0.1) is 21.5 Å². The zero-order chi connectivity index (χ0) is 22.6. The number of hydrogen-bond acceptors (Lipinski definition) is 8. The summed E-state index contributed by atoms with van der Waals surface area (Å²) in [6.45, 7) is 2.13. The van der Waals surface area contributed by atoms with Crippen molar-refractivity contribution in [1.29, 1.82) is 0 Å². The molecule has 2 atom stereocenters. The molecule has 0 fully saturated rings. The summed E-state index contributed by atoms with van der Waals surface area (Å²) in [5, 5.41) is 16.8. The summed E-state index contributed by atoms with van der Waals surface area (Å²) in [7, 11) is 0. The minimum Gasteiger partial charge on any atom is -0.463 e. The Balaban J connectivity index is 1.23. The van der Waals surface area contributed by atoms with Gasteiger partial charge >= 0.3 is 0 Å².